The number of methoxy groups -OCH3 is 1. The molecule has 0 bridgehead atoms. The van der Waals surface area contributed by atoms with Gasteiger partial charge in [0.15, 0.2) is 0 Å². The summed E-state index contributed by atoms with van der Waals surface area (Å²) >= 11 is 0. The van der Waals surface area contributed by atoms with Gasteiger partial charge in [-0.25, -0.2) is 4.98 Å². The highest BCUT2D eigenvalue weighted by molar-refractivity contribution is 5.30. The summed E-state index contributed by atoms with van der Waals surface area (Å²) in [5.74, 6) is 1.24. The number of nitrogens with zero attached hydrogens (tertiary/aromatic N) is 1. The summed E-state index contributed by atoms with van der Waals surface area (Å²) in [6, 6.07) is 13.0. The second-order valence-corrected chi connectivity index (χ2v) is 6.55. The SMILES string of the molecule is COc1ccc(C(C)(C)Cc2ccc(C(C)C)cc2)cn1. The molecule has 0 fully saturated rings. The Morgan fingerprint density at radius 1 is 1.05 bits per heavy atom. The second-order valence-electron chi connectivity index (χ2n) is 6.55. The lowest BCUT2D eigenvalue weighted by Crippen LogP contribution is -2.20. The first-order chi connectivity index (χ1) is 9.92. The average molecular weight is 283 g/mol. The minimum Gasteiger partial charge on any atom is -0.481 e. The zero-order valence-corrected chi connectivity index (χ0v) is 13.7. The summed E-state index contributed by atoms with van der Waals surface area (Å²) in [4.78, 5) is 4.32. The van der Waals surface area contributed by atoms with E-state index in [1.165, 1.54) is 16.7 Å². The van der Waals surface area contributed by atoms with E-state index in [1.54, 1.807) is 7.11 Å². The fourth-order valence-electron chi connectivity index (χ4n) is 2.53. The predicted octanol–water partition coefficient (Wildman–Crippen LogP) is 4.73. The van der Waals surface area contributed by atoms with E-state index >= 15 is 0 Å². The van der Waals surface area contributed by atoms with Gasteiger partial charge in [-0.05, 0) is 34.4 Å². The van der Waals surface area contributed by atoms with Crippen LogP contribution in [0, 0.1) is 0 Å². The zero-order chi connectivity index (χ0) is 15.5. The number of hydrogen-bond donors (Lipinski definition) is 0. The molecule has 0 N–H and O–H groups in total. The van der Waals surface area contributed by atoms with Crippen molar-refractivity contribution in [2.45, 2.75) is 45.4 Å². The normalized spacial score (nSPS) is 11.7. The van der Waals surface area contributed by atoms with Gasteiger partial charge in [-0.2, -0.15) is 0 Å². The van der Waals surface area contributed by atoms with Crippen molar-refractivity contribution in [1.82, 2.24) is 4.98 Å². The summed E-state index contributed by atoms with van der Waals surface area (Å²) in [5.41, 5.74) is 4.04. The Morgan fingerprint density at radius 3 is 2.19 bits per heavy atom. The topological polar surface area (TPSA) is 22.1 Å². The van der Waals surface area contributed by atoms with Crippen LogP contribution in [0.4, 0.5) is 0 Å². The molecule has 1 aromatic heterocycles. The molecule has 0 amide bonds. The van der Waals surface area contributed by atoms with Gasteiger partial charge in [0.1, 0.15) is 0 Å². The first kappa shape index (κ1) is 15.6. The van der Waals surface area contributed by atoms with E-state index in [2.05, 4.69) is 63.0 Å². The largest absolute Gasteiger partial charge is 0.481 e. The molecular weight excluding hydrogens is 258 g/mol. The molecular formula is C19H25NO. The van der Waals surface area contributed by atoms with Crippen molar-refractivity contribution in [1.29, 1.82) is 0 Å². The molecule has 0 radical (unpaired) electrons. The molecule has 2 nitrogen and oxygen atoms in total. The molecule has 0 atom stereocenters. The maximum atomic E-state index is 5.12. The van der Waals surface area contributed by atoms with E-state index in [9.17, 15) is 0 Å². The average Bonchev–Trinajstić information content (AvgIpc) is 2.47. The van der Waals surface area contributed by atoms with Crippen LogP contribution in [-0.4, -0.2) is 12.1 Å². The quantitative estimate of drug-likeness (QED) is 0.791. The Kier molecular flexibility index (Phi) is 4.66. The van der Waals surface area contributed by atoms with Crippen molar-refractivity contribution in [2.24, 2.45) is 0 Å². The molecule has 2 aromatic rings. The Morgan fingerprint density at radius 2 is 1.71 bits per heavy atom. The highest BCUT2D eigenvalue weighted by atomic mass is 16.5. The fraction of sp³-hybridized carbons (Fsp3) is 0.421. The van der Waals surface area contributed by atoms with E-state index < -0.39 is 0 Å². The zero-order valence-electron chi connectivity index (χ0n) is 13.7. The summed E-state index contributed by atoms with van der Waals surface area (Å²) in [5, 5.41) is 0. The summed E-state index contributed by atoms with van der Waals surface area (Å²) in [7, 11) is 1.64. The van der Waals surface area contributed by atoms with Crippen molar-refractivity contribution >= 4 is 0 Å². The Labute approximate surface area is 128 Å². The van der Waals surface area contributed by atoms with Crippen LogP contribution in [0.5, 0.6) is 5.88 Å². The van der Waals surface area contributed by atoms with Crippen LogP contribution in [0.15, 0.2) is 42.6 Å². The molecule has 0 spiro atoms. The number of benzene rings is 1. The van der Waals surface area contributed by atoms with Gasteiger partial charge in [0.05, 0.1) is 7.11 Å². The van der Waals surface area contributed by atoms with Gasteiger partial charge in [-0.3, -0.25) is 0 Å². The summed E-state index contributed by atoms with van der Waals surface area (Å²) in [6.45, 7) is 8.96. The highest BCUT2D eigenvalue weighted by Crippen LogP contribution is 2.28. The summed E-state index contributed by atoms with van der Waals surface area (Å²) < 4.78 is 5.12. The molecule has 21 heavy (non-hydrogen) atoms. The third-order valence-corrected chi connectivity index (χ3v) is 4.02. The van der Waals surface area contributed by atoms with Gasteiger partial charge in [0.25, 0.3) is 0 Å². The Balaban J connectivity index is 2.15. The Hall–Kier alpha value is -1.83. The predicted molar refractivity (Wildman–Crippen MR) is 88.1 cm³/mol. The molecule has 0 aliphatic rings. The van der Waals surface area contributed by atoms with E-state index in [0.29, 0.717) is 11.8 Å². The van der Waals surface area contributed by atoms with Crippen LogP contribution in [0.1, 0.15) is 50.3 Å². The van der Waals surface area contributed by atoms with Crippen LogP contribution in [0.3, 0.4) is 0 Å². The lowest BCUT2D eigenvalue weighted by atomic mass is 9.80. The first-order valence-electron chi connectivity index (χ1n) is 7.52. The first-order valence-corrected chi connectivity index (χ1v) is 7.52. The smallest absolute Gasteiger partial charge is 0.212 e. The summed E-state index contributed by atoms with van der Waals surface area (Å²) in [6.07, 6.45) is 2.92. The highest BCUT2D eigenvalue weighted by Gasteiger charge is 2.21. The van der Waals surface area contributed by atoms with Crippen LogP contribution in [0.25, 0.3) is 0 Å². The van der Waals surface area contributed by atoms with Gasteiger partial charge in [-0.1, -0.05) is 58.0 Å². The lowest BCUT2D eigenvalue weighted by molar-refractivity contribution is 0.396. The third-order valence-electron chi connectivity index (χ3n) is 4.02. The molecule has 2 rings (SSSR count). The van der Waals surface area contributed by atoms with E-state index in [0.717, 1.165) is 6.42 Å². The van der Waals surface area contributed by atoms with Crippen LogP contribution in [-0.2, 0) is 11.8 Å². The maximum Gasteiger partial charge on any atom is 0.212 e. The molecule has 112 valence electrons. The molecule has 0 aliphatic heterocycles. The molecule has 2 heteroatoms. The third kappa shape index (κ3) is 3.84. The van der Waals surface area contributed by atoms with Gasteiger partial charge in [-0.15, -0.1) is 0 Å². The number of pyridine rings is 1. The molecule has 1 aromatic carbocycles. The van der Waals surface area contributed by atoms with Gasteiger partial charge < -0.3 is 4.74 Å². The van der Waals surface area contributed by atoms with E-state index in [1.807, 2.05) is 12.3 Å². The van der Waals surface area contributed by atoms with Crippen molar-refractivity contribution in [3.63, 3.8) is 0 Å². The molecule has 0 saturated carbocycles. The minimum absolute atomic E-state index is 0.0542. The minimum atomic E-state index is 0.0542. The molecule has 0 saturated heterocycles. The fourth-order valence-corrected chi connectivity index (χ4v) is 2.53. The number of aromatic nitrogens is 1. The van der Waals surface area contributed by atoms with Crippen molar-refractivity contribution < 1.29 is 4.74 Å². The Bertz CT molecular complexity index is 568. The monoisotopic (exact) mass is 283 g/mol. The van der Waals surface area contributed by atoms with Crippen molar-refractivity contribution in [2.75, 3.05) is 7.11 Å². The number of hydrogen-bond acceptors (Lipinski definition) is 2. The van der Waals surface area contributed by atoms with Gasteiger partial charge >= 0.3 is 0 Å². The van der Waals surface area contributed by atoms with Crippen molar-refractivity contribution in [3.05, 3.63) is 59.3 Å². The number of ether oxygens (including phenoxy) is 1. The van der Waals surface area contributed by atoms with E-state index in [-0.39, 0.29) is 5.41 Å². The molecule has 1 heterocycles. The van der Waals surface area contributed by atoms with Crippen LogP contribution >= 0.6 is 0 Å². The molecule has 0 unspecified atom stereocenters. The van der Waals surface area contributed by atoms with Gasteiger partial charge in [0.2, 0.25) is 5.88 Å². The standard InChI is InChI=1S/C19H25NO/c1-14(2)16-8-6-15(7-9-16)12-19(3,4)17-10-11-18(21-5)20-13-17/h6-11,13-14H,12H2,1-5H3. The van der Waals surface area contributed by atoms with Crippen molar-refractivity contribution in [3.8, 4) is 5.88 Å². The lowest BCUT2D eigenvalue weighted by Gasteiger charge is -2.25. The van der Waals surface area contributed by atoms with Gasteiger partial charge in [0, 0.05) is 12.3 Å². The van der Waals surface area contributed by atoms with E-state index in [4.69, 9.17) is 4.74 Å². The molecule has 0 aliphatic carbocycles. The number of rotatable bonds is 5. The second kappa shape index (κ2) is 6.30. The van der Waals surface area contributed by atoms with Crippen LogP contribution in [0.2, 0.25) is 0 Å². The maximum absolute atomic E-state index is 5.12. The van der Waals surface area contributed by atoms with Crippen LogP contribution < -0.4 is 4.74 Å².